The zero-order valence-corrected chi connectivity index (χ0v) is 6.94. The molecule has 0 fully saturated rings. The fourth-order valence-corrected chi connectivity index (χ4v) is 1.15. The van der Waals surface area contributed by atoms with Gasteiger partial charge in [-0.2, -0.15) is 0 Å². The highest BCUT2D eigenvalue weighted by atomic mass is 16.5. The molecule has 0 aliphatic rings. The molecule has 5 nitrogen and oxygen atoms in total. The molecule has 0 aliphatic heterocycles. The van der Waals surface area contributed by atoms with Crippen LogP contribution in [-0.4, -0.2) is 22.5 Å². The van der Waals surface area contributed by atoms with E-state index in [2.05, 4.69) is 15.4 Å². The molecule has 0 radical (unpaired) electrons. The molecule has 2 aromatic rings. The van der Waals surface area contributed by atoms with Crippen molar-refractivity contribution in [2.45, 2.75) is 0 Å². The van der Waals surface area contributed by atoms with Crippen LogP contribution < -0.4 is 10.3 Å². The van der Waals surface area contributed by atoms with Gasteiger partial charge in [-0.3, -0.25) is 4.79 Å². The Morgan fingerprint density at radius 3 is 3.08 bits per heavy atom. The van der Waals surface area contributed by atoms with Crippen LogP contribution in [0.3, 0.4) is 0 Å². The standard InChI is InChI=1S/C8H7N3O2/c1-13-6-4-2-3-5-7(6)9-11-10-8(5)12/h2-4H,1H3,(H,9,10,12). The first-order chi connectivity index (χ1) is 6.33. The molecule has 0 bridgehead atoms. The van der Waals surface area contributed by atoms with Crippen LogP contribution in [0.4, 0.5) is 0 Å². The van der Waals surface area contributed by atoms with Gasteiger partial charge in [0.15, 0.2) is 0 Å². The van der Waals surface area contributed by atoms with Crippen molar-refractivity contribution in [2.75, 3.05) is 7.11 Å². The first-order valence-electron chi connectivity index (χ1n) is 3.71. The smallest absolute Gasteiger partial charge is 0.275 e. The lowest BCUT2D eigenvalue weighted by atomic mass is 10.2. The van der Waals surface area contributed by atoms with Crippen LogP contribution in [0, 0.1) is 0 Å². The lowest BCUT2D eigenvalue weighted by Gasteiger charge is -2.00. The third kappa shape index (κ3) is 1.14. The molecule has 0 spiro atoms. The lowest BCUT2D eigenvalue weighted by molar-refractivity contribution is 0.418. The van der Waals surface area contributed by atoms with Gasteiger partial charge in [0.25, 0.3) is 5.56 Å². The van der Waals surface area contributed by atoms with Crippen LogP contribution in [0.5, 0.6) is 5.75 Å². The first-order valence-corrected chi connectivity index (χ1v) is 3.71. The molecule has 0 amide bonds. The minimum atomic E-state index is -0.260. The number of nitrogens with one attached hydrogen (secondary N) is 1. The Hall–Kier alpha value is -1.91. The van der Waals surface area contributed by atoms with E-state index in [0.717, 1.165) is 0 Å². The minimum absolute atomic E-state index is 0.260. The molecule has 13 heavy (non-hydrogen) atoms. The predicted octanol–water partition coefficient (Wildman–Crippen LogP) is 0.327. The molecular formula is C8H7N3O2. The van der Waals surface area contributed by atoms with Crippen LogP contribution in [-0.2, 0) is 0 Å². The van der Waals surface area contributed by atoms with Crippen molar-refractivity contribution in [3.63, 3.8) is 0 Å². The number of methoxy groups -OCH3 is 1. The van der Waals surface area contributed by atoms with E-state index >= 15 is 0 Å². The maximum Gasteiger partial charge on any atom is 0.275 e. The van der Waals surface area contributed by atoms with E-state index in [-0.39, 0.29) is 5.56 Å². The zero-order chi connectivity index (χ0) is 9.26. The number of ether oxygens (including phenoxy) is 1. The minimum Gasteiger partial charge on any atom is -0.494 e. The molecule has 1 N–H and O–H groups in total. The van der Waals surface area contributed by atoms with E-state index in [1.165, 1.54) is 7.11 Å². The summed E-state index contributed by atoms with van der Waals surface area (Å²) < 4.78 is 5.03. The summed E-state index contributed by atoms with van der Waals surface area (Å²) in [5.74, 6) is 0.552. The van der Waals surface area contributed by atoms with E-state index in [1.807, 2.05) is 0 Å². The molecule has 1 aromatic carbocycles. The maximum absolute atomic E-state index is 11.2. The van der Waals surface area contributed by atoms with Gasteiger partial charge in [-0.15, -0.1) is 5.10 Å². The number of fused-ring (bicyclic) bond motifs is 1. The zero-order valence-electron chi connectivity index (χ0n) is 6.94. The summed E-state index contributed by atoms with van der Waals surface area (Å²) in [5, 5.41) is 9.97. The molecule has 66 valence electrons. The van der Waals surface area contributed by atoms with Gasteiger partial charge >= 0.3 is 0 Å². The van der Waals surface area contributed by atoms with Crippen LogP contribution in [0.25, 0.3) is 10.9 Å². The second-order valence-corrected chi connectivity index (χ2v) is 2.50. The van der Waals surface area contributed by atoms with Crippen molar-refractivity contribution < 1.29 is 4.74 Å². The SMILES string of the molecule is COc1cccc2c(=O)[nH]nnc12. The summed E-state index contributed by atoms with van der Waals surface area (Å²) in [5.41, 5.74) is 0.220. The topological polar surface area (TPSA) is 67.9 Å². The average molecular weight is 177 g/mol. The van der Waals surface area contributed by atoms with E-state index < -0.39 is 0 Å². The van der Waals surface area contributed by atoms with E-state index in [4.69, 9.17) is 4.74 Å². The van der Waals surface area contributed by atoms with Gasteiger partial charge in [-0.25, -0.2) is 5.10 Å². The third-order valence-corrected chi connectivity index (χ3v) is 1.77. The van der Waals surface area contributed by atoms with E-state index in [1.54, 1.807) is 18.2 Å². The molecule has 0 saturated heterocycles. The number of aromatic nitrogens is 3. The van der Waals surface area contributed by atoms with Gasteiger partial charge in [0.1, 0.15) is 11.3 Å². The lowest BCUT2D eigenvalue weighted by Crippen LogP contribution is -2.09. The summed E-state index contributed by atoms with van der Waals surface area (Å²) >= 11 is 0. The second kappa shape index (κ2) is 2.85. The first kappa shape index (κ1) is 7.72. The number of rotatable bonds is 1. The highest BCUT2D eigenvalue weighted by Crippen LogP contribution is 2.18. The van der Waals surface area contributed by atoms with Crippen molar-refractivity contribution in [1.82, 2.24) is 15.4 Å². The molecular weight excluding hydrogens is 170 g/mol. The molecule has 0 atom stereocenters. The van der Waals surface area contributed by atoms with Gasteiger partial charge in [0.2, 0.25) is 0 Å². The Morgan fingerprint density at radius 2 is 2.31 bits per heavy atom. The number of aromatic amines is 1. The Balaban J connectivity index is 2.92. The predicted molar refractivity (Wildman–Crippen MR) is 46.7 cm³/mol. The molecule has 2 rings (SSSR count). The number of H-pyrrole nitrogens is 1. The molecule has 0 saturated carbocycles. The largest absolute Gasteiger partial charge is 0.494 e. The Labute approximate surface area is 73.3 Å². The summed E-state index contributed by atoms with van der Waals surface area (Å²) in [4.78, 5) is 11.2. The summed E-state index contributed by atoms with van der Waals surface area (Å²) in [6.45, 7) is 0. The number of nitrogens with zero attached hydrogens (tertiary/aromatic N) is 2. The summed E-state index contributed by atoms with van der Waals surface area (Å²) in [7, 11) is 1.53. The average Bonchev–Trinajstić information content (AvgIpc) is 2.18. The van der Waals surface area contributed by atoms with Gasteiger partial charge in [0.05, 0.1) is 12.5 Å². The number of hydrogen-bond acceptors (Lipinski definition) is 4. The highest BCUT2D eigenvalue weighted by Gasteiger charge is 2.04. The van der Waals surface area contributed by atoms with Crippen molar-refractivity contribution in [3.05, 3.63) is 28.6 Å². The van der Waals surface area contributed by atoms with E-state index in [9.17, 15) is 4.79 Å². The maximum atomic E-state index is 11.2. The van der Waals surface area contributed by atoms with Crippen molar-refractivity contribution in [3.8, 4) is 5.75 Å². The Morgan fingerprint density at radius 1 is 1.46 bits per heavy atom. The fraction of sp³-hybridized carbons (Fsp3) is 0.125. The normalized spacial score (nSPS) is 10.2. The second-order valence-electron chi connectivity index (χ2n) is 2.50. The molecule has 5 heteroatoms. The Kier molecular flexibility index (Phi) is 1.70. The van der Waals surface area contributed by atoms with Crippen LogP contribution in [0.15, 0.2) is 23.0 Å². The molecule has 0 aliphatic carbocycles. The van der Waals surface area contributed by atoms with Crippen molar-refractivity contribution in [1.29, 1.82) is 0 Å². The summed E-state index contributed by atoms with van der Waals surface area (Å²) in [6.07, 6.45) is 0. The van der Waals surface area contributed by atoms with Crippen LogP contribution in [0.2, 0.25) is 0 Å². The fourth-order valence-electron chi connectivity index (χ4n) is 1.15. The van der Waals surface area contributed by atoms with Gasteiger partial charge in [-0.05, 0) is 12.1 Å². The molecule has 1 aromatic heterocycles. The van der Waals surface area contributed by atoms with Gasteiger partial charge in [-0.1, -0.05) is 11.3 Å². The van der Waals surface area contributed by atoms with Crippen molar-refractivity contribution in [2.24, 2.45) is 0 Å². The van der Waals surface area contributed by atoms with Gasteiger partial charge < -0.3 is 4.74 Å². The highest BCUT2D eigenvalue weighted by molar-refractivity contribution is 5.82. The third-order valence-electron chi connectivity index (χ3n) is 1.77. The van der Waals surface area contributed by atoms with E-state index in [0.29, 0.717) is 16.7 Å². The molecule has 0 unspecified atom stereocenters. The van der Waals surface area contributed by atoms with Gasteiger partial charge in [0, 0.05) is 0 Å². The molecule has 1 heterocycles. The summed E-state index contributed by atoms with van der Waals surface area (Å²) in [6, 6.07) is 5.14. The van der Waals surface area contributed by atoms with Crippen LogP contribution in [0.1, 0.15) is 0 Å². The van der Waals surface area contributed by atoms with Crippen molar-refractivity contribution >= 4 is 10.9 Å². The monoisotopic (exact) mass is 177 g/mol. The quantitative estimate of drug-likeness (QED) is 0.681. The number of hydrogen-bond donors (Lipinski definition) is 1. The van der Waals surface area contributed by atoms with Crippen LogP contribution >= 0.6 is 0 Å². The Bertz CT molecular complexity index is 492. The number of benzene rings is 1.